The van der Waals surface area contributed by atoms with Gasteiger partial charge in [-0.05, 0) is 50.3 Å². The summed E-state index contributed by atoms with van der Waals surface area (Å²) in [4.78, 5) is 0.289. The highest BCUT2D eigenvalue weighted by atomic mass is 32.2. The first kappa shape index (κ1) is 14.3. The van der Waals surface area contributed by atoms with Crippen molar-refractivity contribution in [3.63, 3.8) is 0 Å². The van der Waals surface area contributed by atoms with Gasteiger partial charge >= 0.3 is 0 Å². The molecule has 1 atom stereocenters. The summed E-state index contributed by atoms with van der Waals surface area (Å²) >= 11 is 0. The molecule has 1 aromatic carbocycles. The van der Waals surface area contributed by atoms with Gasteiger partial charge in [-0.3, -0.25) is 0 Å². The first-order valence-electron chi connectivity index (χ1n) is 6.79. The maximum absolute atomic E-state index is 12.4. The quantitative estimate of drug-likeness (QED) is 0.833. The first-order chi connectivity index (χ1) is 8.92. The maximum Gasteiger partial charge on any atom is 0.241 e. The molecule has 1 saturated carbocycles. The van der Waals surface area contributed by atoms with Crippen LogP contribution in [0.25, 0.3) is 0 Å². The minimum absolute atomic E-state index is 0.0201. The highest BCUT2D eigenvalue weighted by Crippen LogP contribution is 2.29. The van der Waals surface area contributed by atoms with Gasteiger partial charge < -0.3 is 5.73 Å². The second-order valence-corrected chi connectivity index (χ2v) is 7.11. The van der Waals surface area contributed by atoms with Crippen LogP contribution in [0.15, 0.2) is 23.1 Å². The molecular weight excluding hydrogens is 260 g/mol. The van der Waals surface area contributed by atoms with Crippen molar-refractivity contribution in [1.29, 1.82) is 0 Å². The lowest BCUT2D eigenvalue weighted by Crippen LogP contribution is -2.37. The van der Waals surface area contributed by atoms with Gasteiger partial charge in [0.15, 0.2) is 0 Å². The van der Waals surface area contributed by atoms with Gasteiger partial charge in [-0.15, -0.1) is 0 Å². The molecule has 0 heterocycles. The van der Waals surface area contributed by atoms with Gasteiger partial charge in [0.1, 0.15) is 0 Å². The molecule has 0 aliphatic heterocycles. The molecule has 0 aromatic heterocycles. The fourth-order valence-electron chi connectivity index (χ4n) is 2.78. The highest BCUT2D eigenvalue weighted by molar-refractivity contribution is 7.89. The van der Waals surface area contributed by atoms with Crippen LogP contribution in [0.3, 0.4) is 0 Å². The van der Waals surface area contributed by atoms with Crippen molar-refractivity contribution in [1.82, 2.24) is 4.72 Å². The van der Waals surface area contributed by atoms with Crippen LogP contribution in [-0.4, -0.2) is 14.5 Å². The normalized spacial score (nSPS) is 18.6. The molecule has 4 nitrogen and oxygen atoms in total. The molecule has 0 bridgehead atoms. The Kier molecular flexibility index (Phi) is 4.16. The summed E-state index contributed by atoms with van der Waals surface area (Å²) < 4.78 is 27.6. The zero-order chi connectivity index (χ0) is 14.0. The molecule has 0 saturated heterocycles. The number of nitrogen functional groups attached to an aromatic ring is 1. The van der Waals surface area contributed by atoms with Crippen LogP contribution in [-0.2, 0) is 10.0 Å². The molecule has 19 heavy (non-hydrogen) atoms. The van der Waals surface area contributed by atoms with Crippen LogP contribution < -0.4 is 10.5 Å². The Morgan fingerprint density at radius 3 is 2.58 bits per heavy atom. The predicted octanol–water partition coefficient (Wildman–Crippen LogP) is 2.43. The third kappa shape index (κ3) is 3.09. The minimum Gasteiger partial charge on any atom is -0.398 e. The van der Waals surface area contributed by atoms with Gasteiger partial charge in [0, 0.05) is 11.7 Å². The summed E-state index contributed by atoms with van der Waals surface area (Å²) in [6.45, 7) is 3.69. The Labute approximate surface area is 115 Å². The SMILES string of the molecule is Cc1c(N)cccc1S(=O)(=O)NC(C)C1CCCC1. The number of hydrogen-bond donors (Lipinski definition) is 2. The lowest BCUT2D eigenvalue weighted by Gasteiger charge is -2.21. The van der Waals surface area contributed by atoms with Crippen molar-refractivity contribution in [3.8, 4) is 0 Å². The molecule has 0 radical (unpaired) electrons. The Balaban J connectivity index is 2.20. The van der Waals surface area contributed by atoms with Crippen molar-refractivity contribution >= 4 is 15.7 Å². The lowest BCUT2D eigenvalue weighted by atomic mass is 10.0. The van der Waals surface area contributed by atoms with Gasteiger partial charge in [0.25, 0.3) is 0 Å². The van der Waals surface area contributed by atoms with Gasteiger partial charge in [0.2, 0.25) is 10.0 Å². The fourth-order valence-corrected chi connectivity index (χ4v) is 4.37. The van der Waals surface area contributed by atoms with Crippen molar-refractivity contribution in [2.75, 3.05) is 5.73 Å². The lowest BCUT2D eigenvalue weighted by molar-refractivity contribution is 0.424. The molecule has 5 heteroatoms. The number of rotatable bonds is 4. The molecule has 106 valence electrons. The number of nitrogens with one attached hydrogen (secondary N) is 1. The third-order valence-electron chi connectivity index (χ3n) is 4.06. The average Bonchev–Trinajstić information content (AvgIpc) is 2.85. The minimum atomic E-state index is -3.48. The molecule has 1 aliphatic rings. The third-order valence-corrected chi connectivity index (χ3v) is 5.77. The number of anilines is 1. The van der Waals surface area contributed by atoms with Crippen molar-refractivity contribution in [3.05, 3.63) is 23.8 Å². The van der Waals surface area contributed by atoms with E-state index < -0.39 is 10.0 Å². The summed E-state index contributed by atoms with van der Waals surface area (Å²) in [5.74, 6) is 0.455. The van der Waals surface area contributed by atoms with Gasteiger partial charge in [0.05, 0.1) is 4.90 Å². The predicted molar refractivity (Wildman–Crippen MR) is 77.3 cm³/mol. The first-order valence-corrected chi connectivity index (χ1v) is 8.27. The second-order valence-electron chi connectivity index (χ2n) is 5.42. The van der Waals surface area contributed by atoms with E-state index in [9.17, 15) is 8.42 Å². The molecule has 0 amide bonds. The molecule has 1 unspecified atom stereocenters. The van der Waals surface area contributed by atoms with Crippen LogP contribution in [0.4, 0.5) is 5.69 Å². The maximum atomic E-state index is 12.4. The van der Waals surface area contributed by atoms with Crippen molar-refractivity contribution in [2.24, 2.45) is 5.92 Å². The van der Waals surface area contributed by atoms with Crippen LogP contribution in [0.1, 0.15) is 38.2 Å². The molecule has 1 aromatic rings. The number of nitrogens with two attached hydrogens (primary N) is 1. The summed E-state index contributed by atoms with van der Waals surface area (Å²) in [5.41, 5.74) is 6.91. The van der Waals surface area contributed by atoms with E-state index in [1.165, 1.54) is 12.8 Å². The van der Waals surface area contributed by atoms with E-state index in [1.807, 2.05) is 6.92 Å². The van der Waals surface area contributed by atoms with Crippen LogP contribution in [0.2, 0.25) is 0 Å². The Morgan fingerprint density at radius 1 is 1.32 bits per heavy atom. The van der Waals surface area contributed by atoms with Crippen LogP contribution >= 0.6 is 0 Å². The Hall–Kier alpha value is -1.07. The van der Waals surface area contributed by atoms with E-state index in [-0.39, 0.29) is 10.9 Å². The molecular formula is C14H22N2O2S. The van der Waals surface area contributed by atoms with E-state index in [0.29, 0.717) is 17.2 Å². The molecule has 1 fully saturated rings. The Bertz CT molecular complexity index is 549. The monoisotopic (exact) mass is 282 g/mol. The van der Waals surface area contributed by atoms with Crippen molar-refractivity contribution in [2.45, 2.75) is 50.5 Å². The highest BCUT2D eigenvalue weighted by Gasteiger charge is 2.27. The topological polar surface area (TPSA) is 72.2 Å². The second kappa shape index (κ2) is 5.51. The number of benzene rings is 1. The zero-order valence-corrected chi connectivity index (χ0v) is 12.3. The molecule has 0 spiro atoms. The number of hydrogen-bond acceptors (Lipinski definition) is 3. The van der Waals surface area contributed by atoms with Gasteiger partial charge in [-0.1, -0.05) is 18.9 Å². The van der Waals surface area contributed by atoms with E-state index in [0.717, 1.165) is 12.8 Å². The standard InChI is InChI=1S/C14H22N2O2S/c1-10-13(15)8-5-9-14(10)19(17,18)16-11(2)12-6-3-4-7-12/h5,8-9,11-12,16H,3-4,6-7,15H2,1-2H3. The smallest absolute Gasteiger partial charge is 0.241 e. The largest absolute Gasteiger partial charge is 0.398 e. The van der Waals surface area contributed by atoms with Crippen molar-refractivity contribution < 1.29 is 8.42 Å². The van der Waals surface area contributed by atoms with Gasteiger partial charge in [-0.2, -0.15) is 0 Å². The van der Waals surface area contributed by atoms with E-state index in [2.05, 4.69) is 4.72 Å². The molecule has 3 N–H and O–H groups in total. The summed E-state index contributed by atoms with van der Waals surface area (Å²) in [6.07, 6.45) is 4.63. The van der Waals surface area contributed by atoms with E-state index in [4.69, 9.17) is 5.73 Å². The summed E-state index contributed by atoms with van der Waals surface area (Å²) in [6, 6.07) is 4.98. The summed E-state index contributed by atoms with van der Waals surface area (Å²) in [7, 11) is -3.48. The Morgan fingerprint density at radius 2 is 1.95 bits per heavy atom. The van der Waals surface area contributed by atoms with Crippen LogP contribution in [0, 0.1) is 12.8 Å². The number of sulfonamides is 1. The zero-order valence-electron chi connectivity index (χ0n) is 11.5. The average molecular weight is 282 g/mol. The van der Waals surface area contributed by atoms with E-state index in [1.54, 1.807) is 25.1 Å². The summed E-state index contributed by atoms with van der Waals surface area (Å²) in [5, 5.41) is 0. The van der Waals surface area contributed by atoms with E-state index >= 15 is 0 Å². The molecule has 1 aliphatic carbocycles. The van der Waals surface area contributed by atoms with Gasteiger partial charge in [-0.25, -0.2) is 13.1 Å². The molecule has 2 rings (SSSR count). The van der Waals surface area contributed by atoms with Crippen LogP contribution in [0.5, 0.6) is 0 Å². The fraction of sp³-hybridized carbons (Fsp3) is 0.571.